The van der Waals surface area contributed by atoms with Crippen molar-refractivity contribution in [3.63, 3.8) is 0 Å². The van der Waals surface area contributed by atoms with Crippen LogP contribution in [-0.2, 0) is 19.9 Å². The Morgan fingerprint density at radius 3 is 2.93 bits per heavy atom. The molecule has 0 bridgehead atoms. The van der Waals surface area contributed by atoms with Gasteiger partial charge in [0.05, 0.1) is 5.69 Å². The first-order valence-electron chi connectivity index (χ1n) is 6.04. The zero-order valence-electron chi connectivity index (χ0n) is 9.79. The highest BCUT2D eigenvalue weighted by atomic mass is 15.3. The van der Waals surface area contributed by atoms with Gasteiger partial charge in [-0.15, -0.1) is 0 Å². The summed E-state index contributed by atoms with van der Waals surface area (Å²) in [6.45, 7) is 3.30. The fraction of sp³-hybridized carbons (Fsp3) is 0.750. The predicted molar refractivity (Wildman–Crippen MR) is 61.9 cm³/mol. The molecule has 15 heavy (non-hydrogen) atoms. The van der Waals surface area contributed by atoms with Gasteiger partial charge in [-0.1, -0.05) is 6.92 Å². The van der Waals surface area contributed by atoms with Crippen LogP contribution in [0.25, 0.3) is 0 Å². The van der Waals surface area contributed by atoms with Crippen molar-refractivity contribution in [2.24, 2.45) is 7.05 Å². The Labute approximate surface area is 91.9 Å². The Morgan fingerprint density at radius 2 is 2.33 bits per heavy atom. The molecule has 0 aromatic carbocycles. The Hall–Kier alpha value is -0.830. The number of aromatic nitrogens is 2. The molecule has 1 fully saturated rings. The van der Waals surface area contributed by atoms with Crippen LogP contribution in [0.5, 0.6) is 0 Å². The minimum absolute atomic E-state index is 0.836. The number of aryl methyl sites for hydroxylation is 3. The number of nitrogens with zero attached hydrogens (tertiary/aromatic N) is 2. The van der Waals surface area contributed by atoms with Gasteiger partial charge in [0.1, 0.15) is 0 Å². The SMILES string of the molecule is CCc1cc(CCCNC2CC2)n(C)n1. The van der Waals surface area contributed by atoms with Crippen molar-refractivity contribution < 1.29 is 0 Å². The van der Waals surface area contributed by atoms with Crippen LogP contribution in [0.4, 0.5) is 0 Å². The van der Waals surface area contributed by atoms with E-state index in [0.717, 1.165) is 25.4 Å². The molecule has 0 amide bonds. The fourth-order valence-electron chi connectivity index (χ4n) is 1.84. The second-order valence-corrected chi connectivity index (χ2v) is 4.44. The van der Waals surface area contributed by atoms with Crippen LogP contribution < -0.4 is 5.32 Å². The zero-order chi connectivity index (χ0) is 10.7. The molecule has 1 aromatic heterocycles. The van der Waals surface area contributed by atoms with Crippen LogP contribution in [0.2, 0.25) is 0 Å². The van der Waals surface area contributed by atoms with Crippen molar-refractivity contribution >= 4 is 0 Å². The lowest BCUT2D eigenvalue weighted by Gasteiger charge is -2.02. The summed E-state index contributed by atoms with van der Waals surface area (Å²) < 4.78 is 2.02. The third-order valence-electron chi connectivity index (χ3n) is 3.01. The molecule has 0 radical (unpaired) electrons. The average Bonchev–Trinajstić information content (AvgIpc) is 2.98. The van der Waals surface area contributed by atoms with Gasteiger partial charge in [-0.3, -0.25) is 4.68 Å². The normalized spacial score (nSPS) is 15.9. The van der Waals surface area contributed by atoms with E-state index in [0.29, 0.717) is 0 Å². The monoisotopic (exact) mass is 207 g/mol. The van der Waals surface area contributed by atoms with E-state index in [1.54, 1.807) is 0 Å². The molecule has 0 spiro atoms. The van der Waals surface area contributed by atoms with Crippen molar-refractivity contribution in [1.29, 1.82) is 0 Å². The third-order valence-corrected chi connectivity index (χ3v) is 3.01. The van der Waals surface area contributed by atoms with Crippen LogP contribution in [-0.4, -0.2) is 22.4 Å². The van der Waals surface area contributed by atoms with Crippen molar-refractivity contribution in [2.45, 2.75) is 45.1 Å². The molecule has 3 nitrogen and oxygen atoms in total. The summed E-state index contributed by atoms with van der Waals surface area (Å²) in [5.41, 5.74) is 2.58. The number of hydrogen-bond donors (Lipinski definition) is 1. The first kappa shape index (κ1) is 10.7. The Kier molecular flexibility index (Phi) is 3.41. The van der Waals surface area contributed by atoms with Gasteiger partial charge in [0.2, 0.25) is 0 Å². The molecular formula is C12H21N3. The molecule has 0 unspecified atom stereocenters. The van der Waals surface area contributed by atoms with E-state index in [9.17, 15) is 0 Å². The summed E-state index contributed by atoms with van der Waals surface area (Å²) in [6, 6.07) is 3.07. The average molecular weight is 207 g/mol. The zero-order valence-corrected chi connectivity index (χ0v) is 9.79. The van der Waals surface area contributed by atoms with Crippen molar-refractivity contribution in [1.82, 2.24) is 15.1 Å². The topological polar surface area (TPSA) is 29.9 Å². The maximum atomic E-state index is 4.45. The highest BCUT2D eigenvalue weighted by Crippen LogP contribution is 2.18. The van der Waals surface area contributed by atoms with Crippen LogP contribution in [0.15, 0.2) is 6.07 Å². The molecule has 1 aliphatic rings. The quantitative estimate of drug-likeness (QED) is 0.719. The smallest absolute Gasteiger partial charge is 0.0624 e. The number of rotatable bonds is 6. The minimum atomic E-state index is 0.836. The molecule has 1 aromatic rings. The third kappa shape index (κ3) is 3.06. The molecule has 84 valence electrons. The highest BCUT2D eigenvalue weighted by Gasteiger charge is 2.19. The summed E-state index contributed by atoms with van der Waals surface area (Å²) in [7, 11) is 2.04. The maximum absolute atomic E-state index is 4.45. The summed E-state index contributed by atoms with van der Waals surface area (Å²) in [5.74, 6) is 0. The molecular weight excluding hydrogens is 186 g/mol. The van der Waals surface area contributed by atoms with Gasteiger partial charge in [0.15, 0.2) is 0 Å². The van der Waals surface area contributed by atoms with E-state index in [1.807, 2.05) is 11.7 Å². The second kappa shape index (κ2) is 4.79. The van der Waals surface area contributed by atoms with Crippen LogP contribution in [0, 0.1) is 0 Å². The standard InChI is InChI=1S/C12H21N3/c1-3-10-9-12(15(2)14-10)5-4-8-13-11-6-7-11/h9,11,13H,3-8H2,1-2H3. The molecule has 0 atom stereocenters. The van der Waals surface area contributed by atoms with Crippen LogP contribution in [0.1, 0.15) is 37.6 Å². The molecule has 0 aliphatic heterocycles. The highest BCUT2D eigenvalue weighted by molar-refractivity contribution is 5.10. The first-order chi connectivity index (χ1) is 7.29. The van der Waals surface area contributed by atoms with Gasteiger partial charge in [-0.2, -0.15) is 5.10 Å². The van der Waals surface area contributed by atoms with Gasteiger partial charge in [-0.25, -0.2) is 0 Å². The lowest BCUT2D eigenvalue weighted by Crippen LogP contribution is -2.18. The van der Waals surface area contributed by atoms with Gasteiger partial charge in [-0.05, 0) is 44.7 Å². The first-order valence-corrected chi connectivity index (χ1v) is 6.04. The minimum Gasteiger partial charge on any atom is -0.314 e. The summed E-state index contributed by atoms with van der Waals surface area (Å²) in [4.78, 5) is 0. The molecule has 1 saturated carbocycles. The van der Waals surface area contributed by atoms with Crippen molar-refractivity contribution in [3.8, 4) is 0 Å². The summed E-state index contributed by atoms with van der Waals surface area (Å²) >= 11 is 0. The molecule has 1 heterocycles. The van der Waals surface area contributed by atoms with E-state index in [-0.39, 0.29) is 0 Å². The Morgan fingerprint density at radius 1 is 1.53 bits per heavy atom. The lowest BCUT2D eigenvalue weighted by atomic mass is 10.2. The molecule has 1 aliphatic carbocycles. The van der Waals surface area contributed by atoms with Crippen LogP contribution in [0.3, 0.4) is 0 Å². The van der Waals surface area contributed by atoms with Crippen molar-refractivity contribution in [3.05, 3.63) is 17.5 Å². The van der Waals surface area contributed by atoms with Gasteiger partial charge >= 0.3 is 0 Å². The Bertz CT molecular complexity index is 313. The van der Waals surface area contributed by atoms with E-state index >= 15 is 0 Å². The van der Waals surface area contributed by atoms with Gasteiger partial charge < -0.3 is 5.32 Å². The lowest BCUT2D eigenvalue weighted by molar-refractivity contribution is 0.619. The number of hydrogen-bond acceptors (Lipinski definition) is 2. The molecule has 1 N–H and O–H groups in total. The number of nitrogens with one attached hydrogen (secondary N) is 1. The second-order valence-electron chi connectivity index (χ2n) is 4.44. The summed E-state index contributed by atoms with van der Waals surface area (Å²) in [6.07, 6.45) is 6.16. The van der Waals surface area contributed by atoms with E-state index in [2.05, 4.69) is 23.4 Å². The van der Waals surface area contributed by atoms with Crippen LogP contribution >= 0.6 is 0 Å². The maximum Gasteiger partial charge on any atom is 0.0624 e. The van der Waals surface area contributed by atoms with E-state index < -0.39 is 0 Å². The van der Waals surface area contributed by atoms with E-state index in [4.69, 9.17) is 0 Å². The van der Waals surface area contributed by atoms with Crippen molar-refractivity contribution in [2.75, 3.05) is 6.54 Å². The molecule has 2 rings (SSSR count). The summed E-state index contributed by atoms with van der Waals surface area (Å²) in [5, 5.41) is 7.99. The van der Waals surface area contributed by atoms with Gasteiger partial charge in [0.25, 0.3) is 0 Å². The largest absolute Gasteiger partial charge is 0.314 e. The van der Waals surface area contributed by atoms with Gasteiger partial charge in [0, 0.05) is 18.8 Å². The molecule has 3 heteroatoms. The van der Waals surface area contributed by atoms with E-state index in [1.165, 1.54) is 30.7 Å². The molecule has 0 saturated heterocycles. The fourth-order valence-corrected chi connectivity index (χ4v) is 1.84. The Balaban J connectivity index is 1.73. The predicted octanol–water partition coefficient (Wildman–Crippen LogP) is 1.67.